The molecule has 1 atom stereocenters. The Morgan fingerprint density at radius 1 is 1.56 bits per heavy atom. The molecule has 0 aliphatic rings. The maximum atomic E-state index is 10.9. The number of halogens is 1. The summed E-state index contributed by atoms with van der Waals surface area (Å²) in [6.45, 7) is 1.70. The van der Waals surface area contributed by atoms with E-state index in [0.717, 1.165) is 5.56 Å². The molecule has 1 rings (SSSR count). The Labute approximate surface area is 99.3 Å². The molecule has 0 bridgehead atoms. The summed E-state index contributed by atoms with van der Waals surface area (Å²) in [6.07, 6.45) is 0. The zero-order valence-corrected chi connectivity index (χ0v) is 9.95. The summed E-state index contributed by atoms with van der Waals surface area (Å²) in [5, 5.41) is 0.429. The molecule has 0 radical (unpaired) electrons. The average molecular weight is 244 g/mol. The smallest absolute Gasteiger partial charge is 0.343 e. The fourth-order valence-corrected chi connectivity index (χ4v) is 1.36. The molecular formula is C11H14ClNO3. The summed E-state index contributed by atoms with van der Waals surface area (Å²) >= 11 is 5.97. The summed E-state index contributed by atoms with van der Waals surface area (Å²) in [4.78, 5) is 10.9. The largest absolute Gasteiger partial charge is 0.480 e. The maximum absolute atomic E-state index is 10.9. The third-order valence-corrected chi connectivity index (χ3v) is 2.35. The third kappa shape index (κ3) is 3.40. The third-order valence-electron chi connectivity index (χ3n) is 2.05. The first-order valence-corrected chi connectivity index (χ1v) is 5.17. The van der Waals surface area contributed by atoms with Crippen molar-refractivity contribution in [2.24, 2.45) is 5.73 Å². The van der Waals surface area contributed by atoms with Crippen LogP contribution in [0.1, 0.15) is 18.5 Å². The lowest BCUT2D eigenvalue weighted by Gasteiger charge is -2.10. The van der Waals surface area contributed by atoms with E-state index in [2.05, 4.69) is 4.74 Å². The Hall–Kier alpha value is -1.26. The van der Waals surface area contributed by atoms with E-state index in [9.17, 15) is 4.79 Å². The van der Waals surface area contributed by atoms with Gasteiger partial charge >= 0.3 is 5.97 Å². The van der Waals surface area contributed by atoms with Gasteiger partial charge in [0.1, 0.15) is 5.75 Å². The van der Waals surface area contributed by atoms with Gasteiger partial charge in [-0.15, -0.1) is 0 Å². The normalized spacial score (nSPS) is 12.0. The van der Waals surface area contributed by atoms with Crippen molar-refractivity contribution in [1.82, 2.24) is 0 Å². The molecule has 4 nitrogen and oxygen atoms in total. The number of esters is 1. The van der Waals surface area contributed by atoms with Crippen LogP contribution in [-0.2, 0) is 9.53 Å². The van der Waals surface area contributed by atoms with Crippen LogP contribution in [0.4, 0.5) is 0 Å². The van der Waals surface area contributed by atoms with Gasteiger partial charge in [0.05, 0.1) is 12.1 Å². The zero-order chi connectivity index (χ0) is 12.1. The van der Waals surface area contributed by atoms with Crippen molar-refractivity contribution in [1.29, 1.82) is 0 Å². The van der Waals surface area contributed by atoms with E-state index in [0.29, 0.717) is 10.8 Å². The lowest BCUT2D eigenvalue weighted by molar-refractivity contribution is -0.142. The zero-order valence-electron chi connectivity index (χ0n) is 9.20. The Balaban J connectivity index is 2.72. The van der Waals surface area contributed by atoms with Crippen LogP contribution >= 0.6 is 11.6 Å². The molecule has 0 saturated carbocycles. The van der Waals surface area contributed by atoms with Gasteiger partial charge in [-0.2, -0.15) is 0 Å². The maximum Gasteiger partial charge on any atom is 0.343 e. The SMILES string of the molecule is COC(=O)COc1ccc(C(C)N)cc1Cl. The number of ether oxygens (including phenoxy) is 2. The Bertz CT molecular complexity index is 379. The highest BCUT2D eigenvalue weighted by Gasteiger charge is 2.08. The summed E-state index contributed by atoms with van der Waals surface area (Å²) in [7, 11) is 1.30. The van der Waals surface area contributed by atoms with Gasteiger partial charge in [0.15, 0.2) is 6.61 Å². The van der Waals surface area contributed by atoms with Crippen LogP contribution in [0.2, 0.25) is 5.02 Å². The van der Waals surface area contributed by atoms with Crippen LogP contribution in [0.15, 0.2) is 18.2 Å². The van der Waals surface area contributed by atoms with Gasteiger partial charge in [0.25, 0.3) is 0 Å². The van der Waals surface area contributed by atoms with Gasteiger partial charge in [0.2, 0.25) is 0 Å². The second-order valence-corrected chi connectivity index (χ2v) is 3.75. The molecule has 88 valence electrons. The van der Waals surface area contributed by atoms with Gasteiger partial charge in [0, 0.05) is 6.04 Å². The number of hydrogen-bond acceptors (Lipinski definition) is 4. The molecule has 0 spiro atoms. The molecular weight excluding hydrogens is 230 g/mol. The Kier molecular flexibility index (Phi) is 4.58. The quantitative estimate of drug-likeness (QED) is 0.821. The summed E-state index contributed by atoms with van der Waals surface area (Å²) < 4.78 is 9.62. The van der Waals surface area contributed by atoms with Gasteiger partial charge in [-0.05, 0) is 24.6 Å². The predicted octanol–water partition coefficient (Wildman–Crippen LogP) is 1.91. The van der Waals surface area contributed by atoms with Gasteiger partial charge in [-0.1, -0.05) is 17.7 Å². The lowest BCUT2D eigenvalue weighted by Crippen LogP contribution is -2.13. The van der Waals surface area contributed by atoms with Crippen LogP contribution in [0.3, 0.4) is 0 Å². The number of benzene rings is 1. The minimum Gasteiger partial charge on any atom is -0.480 e. The van der Waals surface area contributed by atoms with Crippen molar-refractivity contribution in [2.75, 3.05) is 13.7 Å². The summed E-state index contributed by atoms with van der Waals surface area (Å²) in [5.41, 5.74) is 6.62. The van der Waals surface area contributed by atoms with Crippen molar-refractivity contribution in [2.45, 2.75) is 13.0 Å². The minimum absolute atomic E-state index is 0.0906. The molecule has 0 heterocycles. The number of carbonyl (C=O) groups excluding carboxylic acids is 1. The number of rotatable bonds is 4. The predicted molar refractivity (Wildman–Crippen MR) is 61.6 cm³/mol. The molecule has 2 N–H and O–H groups in total. The number of carbonyl (C=O) groups is 1. The van der Waals surface area contributed by atoms with E-state index < -0.39 is 5.97 Å². The molecule has 1 aromatic rings. The molecule has 1 unspecified atom stereocenters. The number of methoxy groups -OCH3 is 1. The van der Waals surface area contributed by atoms with Crippen molar-refractivity contribution in [3.05, 3.63) is 28.8 Å². The second kappa shape index (κ2) is 5.72. The Morgan fingerprint density at radius 3 is 2.75 bits per heavy atom. The van der Waals surface area contributed by atoms with E-state index in [-0.39, 0.29) is 12.6 Å². The van der Waals surface area contributed by atoms with Crippen molar-refractivity contribution in [3.8, 4) is 5.75 Å². The molecule has 0 amide bonds. The summed E-state index contributed by atoms with van der Waals surface area (Å²) in [5.74, 6) is -0.0104. The van der Waals surface area contributed by atoms with Gasteiger partial charge in [-0.25, -0.2) is 4.79 Å². The number of hydrogen-bond donors (Lipinski definition) is 1. The highest BCUT2D eigenvalue weighted by molar-refractivity contribution is 6.32. The van der Waals surface area contributed by atoms with E-state index in [4.69, 9.17) is 22.1 Å². The van der Waals surface area contributed by atoms with Crippen LogP contribution in [0, 0.1) is 0 Å². The van der Waals surface area contributed by atoms with Crippen molar-refractivity contribution in [3.63, 3.8) is 0 Å². The fourth-order valence-electron chi connectivity index (χ4n) is 1.11. The monoisotopic (exact) mass is 243 g/mol. The van der Waals surface area contributed by atoms with Crippen LogP contribution in [-0.4, -0.2) is 19.7 Å². The molecule has 0 fully saturated rings. The van der Waals surface area contributed by atoms with Gasteiger partial charge in [-0.3, -0.25) is 0 Å². The number of nitrogens with two attached hydrogens (primary N) is 1. The van der Waals surface area contributed by atoms with Crippen LogP contribution < -0.4 is 10.5 Å². The highest BCUT2D eigenvalue weighted by Crippen LogP contribution is 2.27. The topological polar surface area (TPSA) is 61.5 Å². The second-order valence-electron chi connectivity index (χ2n) is 3.34. The lowest BCUT2D eigenvalue weighted by atomic mass is 10.1. The van der Waals surface area contributed by atoms with E-state index in [1.807, 2.05) is 13.0 Å². The van der Waals surface area contributed by atoms with Crippen molar-refractivity contribution >= 4 is 17.6 Å². The standard InChI is InChI=1S/C11H14ClNO3/c1-7(13)8-3-4-10(9(12)5-8)16-6-11(14)15-2/h3-5,7H,6,13H2,1-2H3. The van der Waals surface area contributed by atoms with E-state index >= 15 is 0 Å². The van der Waals surface area contributed by atoms with Crippen molar-refractivity contribution < 1.29 is 14.3 Å². The minimum atomic E-state index is -0.452. The molecule has 16 heavy (non-hydrogen) atoms. The summed E-state index contributed by atoms with van der Waals surface area (Å²) in [6, 6.07) is 5.12. The van der Waals surface area contributed by atoms with Crippen LogP contribution in [0.25, 0.3) is 0 Å². The van der Waals surface area contributed by atoms with E-state index in [1.54, 1.807) is 12.1 Å². The highest BCUT2D eigenvalue weighted by atomic mass is 35.5. The first-order chi connectivity index (χ1) is 7.54. The molecule has 0 saturated heterocycles. The molecule has 0 aliphatic heterocycles. The fraction of sp³-hybridized carbons (Fsp3) is 0.364. The van der Waals surface area contributed by atoms with Crippen LogP contribution in [0.5, 0.6) is 5.75 Å². The molecule has 0 aliphatic carbocycles. The molecule has 0 aromatic heterocycles. The van der Waals surface area contributed by atoms with E-state index in [1.165, 1.54) is 7.11 Å². The average Bonchev–Trinajstić information content (AvgIpc) is 2.26. The first kappa shape index (κ1) is 12.8. The molecule has 5 heteroatoms. The first-order valence-electron chi connectivity index (χ1n) is 4.79. The molecule has 1 aromatic carbocycles. The van der Waals surface area contributed by atoms with Gasteiger partial charge < -0.3 is 15.2 Å². The Morgan fingerprint density at radius 2 is 2.25 bits per heavy atom.